The van der Waals surface area contributed by atoms with Crippen LogP contribution in [-0.4, -0.2) is 10.8 Å². The molecule has 0 radical (unpaired) electrons. The van der Waals surface area contributed by atoms with Crippen molar-refractivity contribution in [3.63, 3.8) is 0 Å². The molecule has 0 aliphatic carbocycles. The Hall–Kier alpha value is -2.10. The predicted molar refractivity (Wildman–Crippen MR) is 97.0 cm³/mol. The summed E-state index contributed by atoms with van der Waals surface area (Å²) in [7, 11) is -0.649. The highest BCUT2D eigenvalue weighted by atomic mass is 31.1. The number of hydrogen-bond acceptors (Lipinski definition) is 2. The van der Waals surface area contributed by atoms with E-state index in [1.54, 1.807) is 0 Å². The Bertz CT molecular complexity index is 632. The molecule has 0 fully saturated rings. The van der Waals surface area contributed by atoms with Gasteiger partial charge in [0.1, 0.15) is 0 Å². The van der Waals surface area contributed by atoms with Crippen LogP contribution in [0, 0.1) is 11.8 Å². The maximum atomic E-state index is 4.54. The van der Waals surface area contributed by atoms with Crippen LogP contribution in [0.4, 0.5) is 0 Å². The third-order valence-electron chi connectivity index (χ3n) is 3.08. The van der Waals surface area contributed by atoms with Gasteiger partial charge < -0.3 is 5.32 Å². The van der Waals surface area contributed by atoms with E-state index < -0.39 is 7.92 Å². The summed E-state index contributed by atoms with van der Waals surface area (Å²) in [6.45, 7) is 6.34. The number of hydrogen-bond donors (Lipinski definition) is 1. The number of nitrogens with zero attached hydrogens (tertiary/aromatic N) is 1. The molecule has 0 spiro atoms. The summed E-state index contributed by atoms with van der Waals surface area (Å²) < 4.78 is 0. The van der Waals surface area contributed by atoms with Gasteiger partial charge in [0.05, 0.1) is 11.2 Å². The molecule has 2 rings (SSSR count). The van der Waals surface area contributed by atoms with Crippen LogP contribution in [-0.2, 0) is 0 Å². The summed E-state index contributed by atoms with van der Waals surface area (Å²) >= 11 is 0. The number of nitrogens with one attached hydrogen (secondary N) is 1. The first kappa shape index (κ1) is 16.3. The highest BCUT2D eigenvalue weighted by molar-refractivity contribution is 7.70. The van der Waals surface area contributed by atoms with Crippen molar-refractivity contribution in [3.8, 4) is 11.8 Å². The fourth-order valence-corrected chi connectivity index (χ4v) is 4.24. The first-order chi connectivity index (χ1) is 10.8. The number of allylic oxidation sites excluding steroid dienone is 5. The van der Waals surface area contributed by atoms with Gasteiger partial charge in [-0.15, -0.1) is 5.92 Å². The van der Waals surface area contributed by atoms with Crippen LogP contribution >= 0.6 is 7.92 Å². The Morgan fingerprint density at radius 1 is 1.41 bits per heavy atom. The maximum absolute atomic E-state index is 4.54. The topological polar surface area (TPSA) is 24.9 Å². The van der Waals surface area contributed by atoms with Gasteiger partial charge in [0.15, 0.2) is 0 Å². The zero-order chi connectivity index (χ0) is 15.6. The molecule has 0 saturated carbocycles. The minimum atomic E-state index is -0.649. The van der Waals surface area contributed by atoms with Crippen molar-refractivity contribution in [1.82, 2.24) is 10.3 Å². The molecule has 1 aromatic rings. The molecule has 2 atom stereocenters. The van der Waals surface area contributed by atoms with E-state index in [1.807, 2.05) is 30.6 Å². The highest BCUT2D eigenvalue weighted by Crippen LogP contribution is 2.47. The van der Waals surface area contributed by atoms with Gasteiger partial charge in [-0.1, -0.05) is 49.8 Å². The van der Waals surface area contributed by atoms with Crippen molar-refractivity contribution in [2.24, 2.45) is 0 Å². The molecule has 1 aromatic heterocycles. The summed E-state index contributed by atoms with van der Waals surface area (Å²) in [4.78, 5) is 4.54. The van der Waals surface area contributed by atoms with Crippen molar-refractivity contribution in [3.05, 3.63) is 72.9 Å². The molecule has 2 heterocycles. The molecule has 2 nitrogen and oxygen atoms in total. The molecule has 1 N–H and O–H groups in total. The standard InChI is InChI=1S/C19H21N2P/c1-3-4-5-6-7-12-17(2)22(18-13-8-10-15-20-18)19-14-9-11-16-21-19/h7-16,18,20H,2-3,6H2,1H3/b12-7-/t18-,22?/m0/s1. The lowest BCUT2D eigenvalue weighted by Gasteiger charge is -2.27. The SMILES string of the molecule is C=C(/C=C\CC#CCC)P(c1ccccn1)[C@H]1C=CC=CN1. The summed E-state index contributed by atoms with van der Waals surface area (Å²) in [5.41, 5.74) is 1.09. The zero-order valence-electron chi connectivity index (χ0n) is 12.9. The second kappa shape index (κ2) is 9.03. The summed E-state index contributed by atoms with van der Waals surface area (Å²) in [5.74, 6) is 6.43. The Morgan fingerprint density at radius 3 is 3.00 bits per heavy atom. The fraction of sp³-hybridized carbons (Fsp3) is 0.211. The van der Waals surface area contributed by atoms with E-state index in [2.05, 4.69) is 66.0 Å². The molecule has 22 heavy (non-hydrogen) atoms. The number of aromatic nitrogens is 1. The van der Waals surface area contributed by atoms with Crippen molar-refractivity contribution in [2.75, 3.05) is 0 Å². The van der Waals surface area contributed by atoms with E-state index in [-0.39, 0.29) is 5.78 Å². The highest BCUT2D eigenvalue weighted by Gasteiger charge is 2.23. The van der Waals surface area contributed by atoms with Gasteiger partial charge in [-0.3, -0.25) is 4.98 Å². The average molecular weight is 308 g/mol. The van der Waals surface area contributed by atoms with E-state index >= 15 is 0 Å². The number of pyridine rings is 1. The molecular weight excluding hydrogens is 287 g/mol. The minimum absolute atomic E-state index is 0.230. The van der Waals surface area contributed by atoms with E-state index in [4.69, 9.17) is 0 Å². The van der Waals surface area contributed by atoms with E-state index in [1.165, 1.54) is 0 Å². The Morgan fingerprint density at radius 2 is 2.32 bits per heavy atom. The molecule has 0 saturated heterocycles. The smallest absolute Gasteiger partial charge is 0.0736 e. The average Bonchev–Trinajstić information content (AvgIpc) is 2.57. The van der Waals surface area contributed by atoms with Crippen molar-refractivity contribution < 1.29 is 0 Å². The van der Waals surface area contributed by atoms with E-state index in [9.17, 15) is 0 Å². The Kier molecular flexibility index (Phi) is 6.68. The van der Waals surface area contributed by atoms with Gasteiger partial charge in [0, 0.05) is 27.0 Å². The molecule has 0 bridgehead atoms. The monoisotopic (exact) mass is 308 g/mol. The Labute approximate surface area is 134 Å². The molecule has 0 amide bonds. The molecule has 1 aliphatic rings. The lowest BCUT2D eigenvalue weighted by molar-refractivity contribution is 0.903. The first-order valence-corrected chi connectivity index (χ1v) is 8.85. The third-order valence-corrected chi connectivity index (χ3v) is 5.49. The lowest BCUT2D eigenvalue weighted by Crippen LogP contribution is -2.27. The molecule has 3 heteroatoms. The number of dihydropyridines is 1. The van der Waals surface area contributed by atoms with Crippen LogP contribution in [0.3, 0.4) is 0 Å². The van der Waals surface area contributed by atoms with Crippen molar-refractivity contribution >= 4 is 13.4 Å². The van der Waals surface area contributed by atoms with Crippen molar-refractivity contribution in [2.45, 2.75) is 25.5 Å². The molecule has 0 aromatic carbocycles. The minimum Gasteiger partial charge on any atom is -0.380 e. The lowest BCUT2D eigenvalue weighted by atomic mass is 10.3. The first-order valence-electron chi connectivity index (χ1n) is 7.43. The molecular formula is C19H21N2P. The fourth-order valence-electron chi connectivity index (χ4n) is 2.09. The van der Waals surface area contributed by atoms with Gasteiger partial charge >= 0.3 is 0 Å². The largest absolute Gasteiger partial charge is 0.380 e. The van der Waals surface area contributed by atoms with Gasteiger partial charge in [0.25, 0.3) is 0 Å². The van der Waals surface area contributed by atoms with Crippen LogP contribution in [0.15, 0.2) is 72.9 Å². The van der Waals surface area contributed by atoms with Crippen LogP contribution in [0.2, 0.25) is 0 Å². The molecule has 112 valence electrons. The van der Waals surface area contributed by atoms with Crippen LogP contribution in [0.25, 0.3) is 0 Å². The summed E-state index contributed by atoms with van der Waals surface area (Å²) in [6, 6.07) is 6.05. The summed E-state index contributed by atoms with van der Waals surface area (Å²) in [6.07, 6.45) is 15.9. The Balaban J connectivity index is 2.15. The quantitative estimate of drug-likeness (QED) is 0.504. The van der Waals surface area contributed by atoms with E-state index in [0.29, 0.717) is 0 Å². The third kappa shape index (κ3) is 4.72. The van der Waals surface area contributed by atoms with E-state index in [0.717, 1.165) is 23.6 Å². The molecule has 1 aliphatic heterocycles. The van der Waals surface area contributed by atoms with Crippen LogP contribution < -0.4 is 10.8 Å². The maximum Gasteiger partial charge on any atom is 0.0736 e. The van der Waals surface area contributed by atoms with Crippen molar-refractivity contribution in [1.29, 1.82) is 0 Å². The van der Waals surface area contributed by atoms with Gasteiger partial charge in [-0.2, -0.15) is 0 Å². The normalized spacial score (nSPS) is 17.6. The van der Waals surface area contributed by atoms with Crippen LogP contribution in [0.1, 0.15) is 19.8 Å². The second-order valence-corrected chi connectivity index (χ2v) is 7.05. The number of rotatable bonds is 5. The zero-order valence-corrected chi connectivity index (χ0v) is 13.8. The van der Waals surface area contributed by atoms with Gasteiger partial charge in [-0.25, -0.2) is 0 Å². The molecule has 1 unspecified atom stereocenters. The van der Waals surface area contributed by atoms with Gasteiger partial charge in [-0.05, 0) is 29.7 Å². The summed E-state index contributed by atoms with van der Waals surface area (Å²) in [5, 5.41) is 4.51. The predicted octanol–water partition coefficient (Wildman–Crippen LogP) is 4.06. The van der Waals surface area contributed by atoms with Crippen LogP contribution in [0.5, 0.6) is 0 Å². The second-order valence-electron chi connectivity index (χ2n) is 4.72. The van der Waals surface area contributed by atoms with Gasteiger partial charge in [0.2, 0.25) is 0 Å².